The van der Waals surface area contributed by atoms with Crippen LogP contribution in [0.4, 0.5) is 5.82 Å². The van der Waals surface area contributed by atoms with Crippen LogP contribution in [-0.4, -0.2) is 39.8 Å². The second kappa shape index (κ2) is 5.93. The largest absolute Gasteiger partial charge is 0.353 e. The lowest BCUT2D eigenvalue weighted by Crippen LogP contribution is -2.33. The third-order valence-corrected chi connectivity index (χ3v) is 4.88. The van der Waals surface area contributed by atoms with Crippen molar-refractivity contribution in [1.82, 2.24) is 15.2 Å². The summed E-state index contributed by atoms with van der Waals surface area (Å²) in [5, 5.41) is 11.2. The molecule has 0 amide bonds. The molecule has 1 aromatic carbocycles. The first kappa shape index (κ1) is 13.5. The molecule has 0 aliphatic carbocycles. The lowest BCUT2D eigenvalue weighted by molar-refractivity contribution is 0.820. The molecule has 4 rings (SSSR count). The van der Waals surface area contributed by atoms with Crippen molar-refractivity contribution in [3.8, 4) is 11.3 Å². The molecule has 5 heteroatoms. The minimum absolute atomic E-state index is 0.909. The molecule has 110 valence electrons. The average molecular weight is 308 g/mol. The minimum atomic E-state index is 0.909. The number of hydrogen-bond donors (Lipinski definition) is 0. The first-order valence-corrected chi connectivity index (χ1v) is 8.57. The zero-order valence-corrected chi connectivity index (χ0v) is 13.0. The molecule has 0 N–H and O–H groups in total. The van der Waals surface area contributed by atoms with Gasteiger partial charge in [-0.3, -0.25) is 4.98 Å². The van der Waals surface area contributed by atoms with E-state index >= 15 is 0 Å². The van der Waals surface area contributed by atoms with Crippen molar-refractivity contribution in [3.05, 3.63) is 48.8 Å². The van der Waals surface area contributed by atoms with Crippen LogP contribution in [0.1, 0.15) is 0 Å². The Bertz CT molecular complexity index is 777. The molecular weight excluding hydrogens is 292 g/mol. The highest BCUT2D eigenvalue weighted by Gasteiger charge is 2.13. The van der Waals surface area contributed by atoms with Gasteiger partial charge in [0.1, 0.15) is 0 Å². The molecular formula is C17H16N4S. The summed E-state index contributed by atoms with van der Waals surface area (Å²) in [6.45, 7) is 2.11. The fourth-order valence-corrected chi connectivity index (χ4v) is 3.68. The van der Waals surface area contributed by atoms with Gasteiger partial charge in [-0.2, -0.15) is 11.8 Å². The van der Waals surface area contributed by atoms with E-state index in [-0.39, 0.29) is 0 Å². The van der Waals surface area contributed by atoms with Crippen molar-refractivity contribution >= 4 is 28.4 Å². The van der Waals surface area contributed by atoms with Gasteiger partial charge in [0.25, 0.3) is 0 Å². The Balaban J connectivity index is 1.70. The van der Waals surface area contributed by atoms with E-state index in [9.17, 15) is 0 Å². The fourth-order valence-electron chi connectivity index (χ4n) is 2.78. The molecule has 1 aliphatic heterocycles. The number of pyridine rings is 1. The summed E-state index contributed by atoms with van der Waals surface area (Å²) in [6.07, 6.45) is 3.70. The maximum atomic E-state index is 4.46. The van der Waals surface area contributed by atoms with Gasteiger partial charge in [-0.15, -0.1) is 10.2 Å². The number of rotatable bonds is 2. The van der Waals surface area contributed by atoms with Gasteiger partial charge in [-0.1, -0.05) is 18.2 Å². The second-order valence-corrected chi connectivity index (χ2v) is 6.50. The van der Waals surface area contributed by atoms with Gasteiger partial charge < -0.3 is 4.90 Å². The van der Waals surface area contributed by atoms with Gasteiger partial charge in [0.05, 0.1) is 5.69 Å². The van der Waals surface area contributed by atoms with E-state index in [1.54, 1.807) is 0 Å². The first-order chi connectivity index (χ1) is 10.9. The van der Waals surface area contributed by atoms with E-state index in [2.05, 4.69) is 44.3 Å². The minimum Gasteiger partial charge on any atom is -0.353 e. The van der Waals surface area contributed by atoms with E-state index in [1.165, 1.54) is 11.5 Å². The highest BCUT2D eigenvalue weighted by Crippen LogP contribution is 2.27. The van der Waals surface area contributed by atoms with Crippen LogP contribution in [0, 0.1) is 0 Å². The summed E-state index contributed by atoms with van der Waals surface area (Å²) in [5.41, 5.74) is 2.01. The predicted octanol–water partition coefficient (Wildman–Crippen LogP) is 3.25. The molecule has 3 aromatic rings. The van der Waals surface area contributed by atoms with Gasteiger partial charge in [0.2, 0.25) is 0 Å². The van der Waals surface area contributed by atoms with Crippen LogP contribution < -0.4 is 4.90 Å². The summed E-state index contributed by atoms with van der Waals surface area (Å²) in [4.78, 5) is 6.48. The Kier molecular flexibility index (Phi) is 3.64. The van der Waals surface area contributed by atoms with Gasteiger partial charge in [-0.25, -0.2) is 0 Å². The summed E-state index contributed by atoms with van der Waals surface area (Å²) in [7, 11) is 0. The summed E-state index contributed by atoms with van der Waals surface area (Å²) >= 11 is 2.00. The maximum Gasteiger partial charge on any atom is 0.151 e. The number of hydrogen-bond acceptors (Lipinski definition) is 5. The molecule has 1 saturated heterocycles. The lowest BCUT2D eigenvalue weighted by Gasteiger charge is -2.26. The molecule has 1 aliphatic rings. The number of anilines is 1. The summed E-state index contributed by atoms with van der Waals surface area (Å²) < 4.78 is 0. The number of benzene rings is 1. The summed E-state index contributed by atoms with van der Waals surface area (Å²) in [6, 6.07) is 12.4. The highest BCUT2D eigenvalue weighted by atomic mass is 32.2. The van der Waals surface area contributed by atoms with Gasteiger partial charge in [0, 0.05) is 47.9 Å². The molecule has 0 saturated carbocycles. The molecule has 3 heterocycles. The van der Waals surface area contributed by atoms with Crippen LogP contribution in [0.2, 0.25) is 0 Å². The van der Waals surface area contributed by atoms with E-state index in [4.69, 9.17) is 0 Å². The van der Waals surface area contributed by atoms with Crippen molar-refractivity contribution in [2.24, 2.45) is 0 Å². The fraction of sp³-hybridized carbons (Fsp3) is 0.235. The number of fused-ring (bicyclic) bond motifs is 1. The van der Waals surface area contributed by atoms with E-state index < -0.39 is 0 Å². The van der Waals surface area contributed by atoms with Crippen LogP contribution in [0.3, 0.4) is 0 Å². The van der Waals surface area contributed by atoms with E-state index in [0.717, 1.165) is 40.9 Å². The Morgan fingerprint density at radius 1 is 0.955 bits per heavy atom. The molecule has 4 nitrogen and oxygen atoms in total. The Morgan fingerprint density at radius 2 is 1.86 bits per heavy atom. The lowest BCUT2D eigenvalue weighted by atomic mass is 10.0. The van der Waals surface area contributed by atoms with Crippen LogP contribution in [0.5, 0.6) is 0 Å². The monoisotopic (exact) mass is 308 g/mol. The van der Waals surface area contributed by atoms with Crippen molar-refractivity contribution in [1.29, 1.82) is 0 Å². The normalized spacial score (nSPS) is 15.2. The van der Waals surface area contributed by atoms with Crippen LogP contribution in [0.25, 0.3) is 22.0 Å². The topological polar surface area (TPSA) is 41.9 Å². The molecule has 0 spiro atoms. The number of aromatic nitrogens is 3. The first-order valence-electron chi connectivity index (χ1n) is 7.41. The molecule has 2 aromatic heterocycles. The second-order valence-electron chi connectivity index (χ2n) is 5.28. The van der Waals surface area contributed by atoms with Crippen LogP contribution in [0.15, 0.2) is 48.8 Å². The van der Waals surface area contributed by atoms with E-state index in [1.807, 2.05) is 36.3 Å². The van der Waals surface area contributed by atoms with Crippen molar-refractivity contribution in [3.63, 3.8) is 0 Å². The highest BCUT2D eigenvalue weighted by molar-refractivity contribution is 7.99. The number of thioether (sulfide) groups is 1. The SMILES string of the molecule is c1cc(-c2ccc(N3CCSCC3)nn2)c2ccncc2c1. The molecule has 22 heavy (non-hydrogen) atoms. The molecule has 0 radical (unpaired) electrons. The Hall–Kier alpha value is -2.14. The molecule has 1 fully saturated rings. The third-order valence-electron chi connectivity index (χ3n) is 3.94. The Morgan fingerprint density at radius 3 is 2.68 bits per heavy atom. The molecule has 0 atom stereocenters. The zero-order chi connectivity index (χ0) is 14.8. The zero-order valence-electron chi connectivity index (χ0n) is 12.1. The van der Waals surface area contributed by atoms with Crippen molar-refractivity contribution in [2.75, 3.05) is 29.5 Å². The third kappa shape index (κ3) is 2.52. The van der Waals surface area contributed by atoms with Crippen LogP contribution >= 0.6 is 11.8 Å². The van der Waals surface area contributed by atoms with Gasteiger partial charge in [0.15, 0.2) is 5.82 Å². The van der Waals surface area contributed by atoms with Gasteiger partial charge >= 0.3 is 0 Å². The van der Waals surface area contributed by atoms with Crippen molar-refractivity contribution in [2.45, 2.75) is 0 Å². The summed E-state index contributed by atoms with van der Waals surface area (Å²) in [5.74, 6) is 3.31. The van der Waals surface area contributed by atoms with E-state index in [0.29, 0.717) is 0 Å². The molecule has 0 unspecified atom stereocenters. The smallest absolute Gasteiger partial charge is 0.151 e. The van der Waals surface area contributed by atoms with Crippen molar-refractivity contribution < 1.29 is 0 Å². The quantitative estimate of drug-likeness (QED) is 0.727. The van der Waals surface area contributed by atoms with Gasteiger partial charge in [-0.05, 0) is 23.6 Å². The average Bonchev–Trinajstić information content (AvgIpc) is 2.62. The van der Waals surface area contributed by atoms with Crippen LogP contribution in [-0.2, 0) is 0 Å². The number of nitrogens with zero attached hydrogens (tertiary/aromatic N) is 4. The molecule has 0 bridgehead atoms. The Labute approximate surface area is 133 Å². The standard InChI is InChI=1S/C17H16N4S/c1-2-13-12-18-7-6-14(13)15(3-1)16-4-5-17(20-19-16)21-8-10-22-11-9-21/h1-7,12H,8-11H2. The maximum absolute atomic E-state index is 4.46. The predicted molar refractivity (Wildman–Crippen MR) is 92.3 cm³/mol.